The Bertz CT molecular complexity index is 284. The van der Waals surface area contributed by atoms with Gasteiger partial charge in [-0.05, 0) is 62.7 Å². The first-order valence-corrected chi connectivity index (χ1v) is 11.4. The monoisotopic (exact) mass is 336 g/mol. The van der Waals surface area contributed by atoms with Gasteiger partial charge in [0, 0.05) is 6.61 Å². The van der Waals surface area contributed by atoms with Gasteiger partial charge in [-0.25, -0.2) is 0 Å². The predicted octanol–water partition coefficient (Wildman–Crippen LogP) is 7.53. The molecule has 0 bridgehead atoms. The van der Waals surface area contributed by atoms with Gasteiger partial charge in [-0.15, -0.1) is 0 Å². The number of hydrogen-bond acceptors (Lipinski definition) is 1. The summed E-state index contributed by atoms with van der Waals surface area (Å²) in [5, 5.41) is 0. The summed E-state index contributed by atoms with van der Waals surface area (Å²) < 4.78 is 6.18. The molecule has 2 fully saturated rings. The van der Waals surface area contributed by atoms with Crippen LogP contribution in [0.1, 0.15) is 117 Å². The standard InChI is InChI=1S/C23H44O/c1-3-5-6-7-8-9-10-19-24-23-17-15-22(16-18-23)21-13-11-20(4-2)12-14-21/h20-23H,3-19H2,1-2H3. The van der Waals surface area contributed by atoms with Gasteiger partial charge in [-0.2, -0.15) is 0 Å². The van der Waals surface area contributed by atoms with Gasteiger partial charge in [0.2, 0.25) is 0 Å². The SMILES string of the molecule is CCCCCCCCCOC1CCC(C2CCC(CC)CC2)CC1. The van der Waals surface area contributed by atoms with Crippen LogP contribution < -0.4 is 0 Å². The first-order valence-electron chi connectivity index (χ1n) is 11.4. The Balaban J connectivity index is 1.46. The summed E-state index contributed by atoms with van der Waals surface area (Å²) in [6.07, 6.45) is 23.3. The summed E-state index contributed by atoms with van der Waals surface area (Å²) in [5.41, 5.74) is 0. The maximum absolute atomic E-state index is 6.18. The molecule has 0 aromatic rings. The lowest BCUT2D eigenvalue weighted by atomic mass is 9.70. The molecule has 1 heteroatoms. The molecule has 0 amide bonds. The molecule has 0 radical (unpaired) electrons. The van der Waals surface area contributed by atoms with E-state index in [1.165, 1.54) is 103 Å². The highest BCUT2D eigenvalue weighted by Crippen LogP contribution is 2.41. The summed E-state index contributed by atoms with van der Waals surface area (Å²) in [6.45, 7) is 5.68. The molecule has 0 unspecified atom stereocenters. The van der Waals surface area contributed by atoms with Crippen molar-refractivity contribution in [3.05, 3.63) is 0 Å². The summed E-state index contributed by atoms with van der Waals surface area (Å²) in [7, 11) is 0. The van der Waals surface area contributed by atoms with E-state index in [1.54, 1.807) is 0 Å². The molecule has 24 heavy (non-hydrogen) atoms. The molecule has 2 aliphatic rings. The van der Waals surface area contributed by atoms with Crippen molar-refractivity contribution in [2.45, 2.75) is 123 Å². The molecule has 0 spiro atoms. The highest BCUT2D eigenvalue weighted by atomic mass is 16.5. The zero-order valence-electron chi connectivity index (χ0n) is 16.7. The number of ether oxygens (including phenoxy) is 1. The third-order valence-electron chi connectivity index (χ3n) is 6.96. The minimum Gasteiger partial charge on any atom is -0.378 e. The molecular formula is C23H44O. The molecule has 0 atom stereocenters. The van der Waals surface area contributed by atoms with E-state index in [2.05, 4.69) is 13.8 Å². The largest absolute Gasteiger partial charge is 0.378 e. The first-order chi connectivity index (χ1) is 11.8. The molecule has 2 rings (SSSR count). The summed E-state index contributed by atoms with van der Waals surface area (Å²) in [5.74, 6) is 3.13. The average molecular weight is 337 g/mol. The molecular weight excluding hydrogens is 292 g/mol. The minimum atomic E-state index is 0.591. The van der Waals surface area contributed by atoms with E-state index in [1.807, 2.05) is 0 Å². The highest BCUT2D eigenvalue weighted by molar-refractivity contribution is 4.82. The first kappa shape index (κ1) is 20.3. The van der Waals surface area contributed by atoms with Crippen molar-refractivity contribution in [1.29, 1.82) is 0 Å². The van der Waals surface area contributed by atoms with Gasteiger partial charge < -0.3 is 4.74 Å². The Morgan fingerprint density at radius 3 is 1.75 bits per heavy atom. The van der Waals surface area contributed by atoms with Gasteiger partial charge in [0.25, 0.3) is 0 Å². The Kier molecular flexibility index (Phi) is 10.4. The van der Waals surface area contributed by atoms with Gasteiger partial charge in [-0.1, -0.05) is 71.6 Å². The van der Waals surface area contributed by atoms with E-state index in [9.17, 15) is 0 Å². The van der Waals surface area contributed by atoms with Crippen LogP contribution in [0.5, 0.6) is 0 Å². The van der Waals surface area contributed by atoms with Crippen molar-refractivity contribution in [1.82, 2.24) is 0 Å². The minimum absolute atomic E-state index is 0.591. The van der Waals surface area contributed by atoms with Gasteiger partial charge >= 0.3 is 0 Å². The summed E-state index contributed by atoms with van der Waals surface area (Å²) in [4.78, 5) is 0. The van der Waals surface area contributed by atoms with Crippen LogP contribution in [0.25, 0.3) is 0 Å². The maximum atomic E-state index is 6.18. The van der Waals surface area contributed by atoms with E-state index in [0.717, 1.165) is 24.4 Å². The zero-order chi connectivity index (χ0) is 17.0. The van der Waals surface area contributed by atoms with E-state index in [0.29, 0.717) is 6.10 Å². The maximum Gasteiger partial charge on any atom is 0.0575 e. The van der Waals surface area contributed by atoms with Gasteiger partial charge in [0.05, 0.1) is 6.10 Å². The van der Waals surface area contributed by atoms with Crippen LogP contribution in [0, 0.1) is 17.8 Å². The fourth-order valence-corrected chi connectivity index (χ4v) is 5.10. The van der Waals surface area contributed by atoms with Crippen LogP contribution >= 0.6 is 0 Å². The van der Waals surface area contributed by atoms with Crippen LogP contribution in [0.15, 0.2) is 0 Å². The molecule has 142 valence electrons. The van der Waals surface area contributed by atoms with Gasteiger partial charge in [0.15, 0.2) is 0 Å². The summed E-state index contributed by atoms with van der Waals surface area (Å²) >= 11 is 0. The van der Waals surface area contributed by atoms with E-state index in [4.69, 9.17) is 4.74 Å². The molecule has 0 N–H and O–H groups in total. The zero-order valence-corrected chi connectivity index (χ0v) is 16.7. The Hall–Kier alpha value is -0.0400. The molecule has 0 aromatic heterocycles. The molecule has 0 aromatic carbocycles. The second-order valence-electron chi connectivity index (χ2n) is 8.72. The van der Waals surface area contributed by atoms with Crippen LogP contribution in [-0.4, -0.2) is 12.7 Å². The smallest absolute Gasteiger partial charge is 0.0575 e. The van der Waals surface area contributed by atoms with E-state index >= 15 is 0 Å². The molecule has 0 aliphatic heterocycles. The normalized spacial score (nSPS) is 31.2. The molecule has 0 saturated heterocycles. The van der Waals surface area contributed by atoms with Crippen LogP contribution in [-0.2, 0) is 4.74 Å². The second kappa shape index (κ2) is 12.3. The van der Waals surface area contributed by atoms with Crippen molar-refractivity contribution in [2.24, 2.45) is 17.8 Å². The van der Waals surface area contributed by atoms with Crippen molar-refractivity contribution in [3.63, 3.8) is 0 Å². The number of unbranched alkanes of at least 4 members (excludes halogenated alkanes) is 6. The quantitative estimate of drug-likeness (QED) is 0.354. The number of hydrogen-bond donors (Lipinski definition) is 0. The molecule has 2 aliphatic carbocycles. The third-order valence-corrected chi connectivity index (χ3v) is 6.96. The lowest BCUT2D eigenvalue weighted by Crippen LogP contribution is -2.28. The predicted molar refractivity (Wildman–Crippen MR) is 105 cm³/mol. The van der Waals surface area contributed by atoms with Crippen LogP contribution in [0.2, 0.25) is 0 Å². The molecule has 0 heterocycles. The Morgan fingerprint density at radius 2 is 1.17 bits per heavy atom. The number of rotatable bonds is 11. The van der Waals surface area contributed by atoms with Gasteiger partial charge in [-0.3, -0.25) is 0 Å². The molecule has 2 saturated carbocycles. The fourth-order valence-electron chi connectivity index (χ4n) is 5.10. The highest BCUT2D eigenvalue weighted by Gasteiger charge is 2.30. The van der Waals surface area contributed by atoms with Crippen molar-refractivity contribution >= 4 is 0 Å². The van der Waals surface area contributed by atoms with E-state index < -0.39 is 0 Å². The van der Waals surface area contributed by atoms with Crippen molar-refractivity contribution in [3.8, 4) is 0 Å². The summed E-state index contributed by atoms with van der Waals surface area (Å²) in [6, 6.07) is 0. The van der Waals surface area contributed by atoms with Crippen LogP contribution in [0.3, 0.4) is 0 Å². The lowest BCUT2D eigenvalue weighted by Gasteiger charge is -2.37. The van der Waals surface area contributed by atoms with Crippen molar-refractivity contribution in [2.75, 3.05) is 6.61 Å². The van der Waals surface area contributed by atoms with Crippen LogP contribution in [0.4, 0.5) is 0 Å². The van der Waals surface area contributed by atoms with Gasteiger partial charge in [0.1, 0.15) is 0 Å². The average Bonchev–Trinajstić information content (AvgIpc) is 2.64. The Labute approximate surface area is 152 Å². The second-order valence-corrected chi connectivity index (χ2v) is 8.72. The van der Waals surface area contributed by atoms with Crippen molar-refractivity contribution < 1.29 is 4.74 Å². The van der Waals surface area contributed by atoms with E-state index in [-0.39, 0.29) is 0 Å². The lowest BCUT2D eigenvalue weighted by molar-refractivity contribution is 0.00536. The third kappa shape index (κ3) is 7.46. The molecule has 1 nitrogen and oxygen atoms in total. The fraction of sp³-hybridized carbons (Fsp3) is 1.00. The Morgan fingerprint density at radius 1 is 0.625 bits per heavy atom. The topological polar surface area (TPSA) is 9.23 Å².